The molecule has 0 aliphatic carbocycles. The number of sulfonamides is 1. The second-order valence-corrected chi connectivity index (χ2v) is 11.6. The van der Waals surface area contributed by atoms with Crippen molar-refractivity contribution in [3.05, 3.63) is 95.0 Å². The fourth-order valence-electron chi connectivity index (χ4n) is 4.07. The Labute approximate surface area is 230 Å². The predicted octanol–water partition coefficient (Wildman–Crippen LogP) is 5.18. The maximum absolute atomic E-state index is 14.0. The zero-order valence-corrected chi connectivity index (χ0v) is 23.7. The number of hydrogen-bond donors (Lipinski definition) is 1. The summed E-state index contributed by atoms with van der Waals surface area (Å²) in [7, 11) is -4.13. The zero-order valence-electron chi connectivity index (χ0n) is 22.1. The van der Waals surface area contributed by atoms with E-state index < -0.39 is 28.5 Å². The molecule has 1 unspecified atom stereocenters. The van der Waals surface area contributed by atoms with Gasteiger partial charge in [-0.15, -0.1) is 0 Å². The molecule has 9 heteroatoms. The van der Waals surface area contributed by atoms with Gasteiger partial charge in [0.2, 0.25) is 11.8 Å². The molecular weight excluding hydrogens is 522 g/mol. The molecule has 3 aromatic carbocycles. The lowest BCUT2D eigenvalue weighted by atomic mass is 10.1. The molecule has 0 bridgehead atoms. The number of carbonyl (C=O) groups excluding carboxylic acids is 2. The van der Waals surface area contributed by atoms with E-state index >= 15 is 0 Å². The third kappa shape index (κ3) is 7.14. The van der Waals surface area contributed by atoms with E-state index in [2.05, 4.69) is 5.32 Å². The Morgan fingerprint density at radius 1 is 0.947 bits per heavy atom. The minimum Gasteiger partial charge on any atom is -0.352 e. The van der Waals surface area contributed by atoms with Gasteiger partial charge in [0.1, 0.15) is 12.6 Å². The first-order valence-corrected chi connectivity index (χ1v) is 14.3. The summed E-state index contributed by atoms with van der Waals surface area (Å²) >= 11 is 6.35. The van der Waals surface area contributed by atoms with Crippen molar-refractivity contribution in [1.82, 2.24) is 10.2 Å². The summed E-state index contributed by atoms with van der Waals surface area (Å²) in [5.74, 6) is -0.793. The second kappa shape index (κ2) is 12.9. The van der Waals surface area contributed by atoms with Crippen LogP contribution >= 0.6 is 11.6 Å². The van der Waals surface area contributed by atoms with Crippen molar-refractivity contribution in [2.75, 3.05) is 10.8 Å². The largest absolute Gasteiger partial charge is 0.352 e. The second-order valence-electron chi connectivity index (χ2n) is 9.35. The maximum atomic E-state index is 14.0. The molecule has 3 rings (SSSR count). The van der Waals surface area contributed by atoms with Gasteiger partial charge in [-0.1, -0.05) is 73.1 Å². The van der Waals surface area contributed by atoms with Gasteiger partial charge in [-0.05, 0) is 62.6 Å². The number of halogens is 1. The normalized spacial score (nSPS) is 12.2. The quantitative estimate of drug-likeness (QED) is 0.353. The van der Waals surface area contributed by atoms with Crippen molar-refractivity contribution in [2.45, 2.75) is 57.6 Å². The lowest BCUT2D eigenvalue weighted by Crippen LogP contribution is -2.53. The van der Waals surface area contributed by atoms with Crippen LogP contribution in [0.15, 0.2) is 83.8 Å². The van der Waals surface area contributed by atoms with Gasteiger partial charge in [-0.3, -0.25) is 13.9 Å². The van der Waals surface area contributed by atoms with Crippen molar-refractivity contribution >= 4 is 39.1 Å². The Morgan fingerprint density at radius 2 is 1.55 bits per heavy atom. The summed E-state index contributed by atoms with van der Waals surface area (Å²) in [5.41, 5.74) is 1.87. The number of benzene rings is 3. The average molecular weight is 556 g/mol. The van der Waals surface area contributed by atoms with E-state index in [0.717, 1.165) is 15.4 Å². The molecule has 0 aliphatic heterocycles. The third-order valence-corrected chi connectivity index (χ3v) is 8.26. The van der Waals surface area contributed by atoms with Crippen LogP contribution in [0.2, 0.25) is 5.02 Å². The van der Waals surface area contributed by atoms with Crippen LogP contribution in [0.4, 0.5) is 5.69 Å². The van der Waals surface area contributed by atoms with Crippen LogP contribution in [-0.4, -0.2) is 43.8 Å². The molecule has 38 heavy (non-hydrogen) atoms. The van der Waals surface area contributed by atoms with Gasteiger partial charge in [0.05, 0.1) is 10.6 Å². The fraction of sp³-hybridized carbons (Fsp3) is 0.310. The number of amides is 2. The van der Waals surface area contributed by atoms with Crippen LogP contribution in [-0.2, 0) is 26.2 Å². The summed E-state index contributed by atoms with van der Waals surface area (Å²) in [5, 5.41) is 3.27. The molecule has 3 aromatic rings. The number of hydrogen-bond acceptors (Lipinski definition) is 4. The van der Waals surface area contributed by atoms with Gasteiger partial charge in [-0.25, -0.2) is 8.42 Å². The van der Waals surface area contributed by atoms with Gasteiger partial charge in [0.25, 0.3) is 10.0 Å². The monoisotopic (exact) mass is 555 g/mol. The Balaban J connectivity index is 2.06. The lowest BCUT2D eigenvalue weighted by Gasteiger charge is -2.33. The molecule has 0 spiro atoms. The topological polar surface area (TPSA) is 86.8 Å². The molecular formula is C29H34ClN3O4S. The first kappa shape index (κ1) is 29.2. The highest BCUT2D eigenvalue weighted by Gasteiger charge is 2.33. The Hall–Kier alpha value is -3.36. The van der Waals surface area contributed by atoms with E-state index in [4.69, 9.17) is 11.6 Å². The first-order valence-electron chi connectivity index (χ1n) is 12.5. The third-order valence-electron chi connectivity index (χ3n) is 6.07. The fourth-order valence-corrected chi connectivity index (χ4v) is 5.67. The smallest absolute Gasteiger partial charge is 0.264 e. The van der Waals surface area contributed by atoms with E-state index in [0.29, 0.717) is 11.4 Å². The molecule has 1 atom stereocenters. The molecule has 0 saturated carbocycles. The highest BCUT2D eigenvalue weighted by atomic mass is 35.5. The number of nitrogens with zero attached hydrogens (tertiary/aromatic N) is 2. The van der Waals surface area contributed by atoms with Crippen LogP contribution in [0.25, 0.3) is 0 Å². The Kier molecular flexibility index (Phi) is 9.94. The van der Waals surface area contributed by atoms with E-state index in [9.17, 15) is 18.0 Å². The minimum atomic E-state index is -4.13. The maximum Gasteiger partial charge on any atom is 0.264 e. The SMILES string of the molecule is CCC(C(=O)NC(C)C)N(Cc1ccccc1)C(=O)CN(c1ccc(C)c(Cl)c1)S(=O)(=O)c1ccccc1. The van der Waals surface area contributed by atoms with Crippen LogP contribution in [0.3, 0.4) is 0 Å². The van der Waals surface area contributed by atoms with Crippen molar-refractivity contribution in [1.29, 1.82) is 0 Å². The van der Waals surface area contributed by atoms with Crippen molar-refractivity contribution in [3.8, 4) is 0 Å². The number of anilines is 1. The molecule has 0 radical (unpaired) electrons. The highest BCUT2D eigenvalue weighted by Crippen LogP contribution is 2.28. The van der Waals surface area contributed by atoms with Gasteiger partial charge in [0.15, 0.2) is 0 Å². The zero-order chi connectivity index (χ0) is 27.9. The van der Waals surface area contributed by atoms with Gasteiger partial charge < -0.3 is 10.2 Å². The minimum absolute atomic E-state index is 0.0451. The number of nitrogens with one attached hydrogen (secondary N) is 1. The molecule has 0 aliphatic rings. The molecule has 2 amide bonds. The highest BCUT2D eigenvalue weighted by molar-refractivity contribution is 7.92. The predicted molar refractivity (Wildman–Crippen MR) is 152 cm³/mol. The van der Waals surface area contributed by atoms with Gasteiger partial charge in [-0.2, -0.15) is 0 Å². The van der Waals surface area contributed by atoms with Gasteiger partial charge >= 0.3 is 0 Å². The van der Waals surface area contributed by atoms with Crippen LogP contribution < -0.4 is 9.62 Å². The molecule has 0 fully saturated rings. The Morgan fingerprint density at radius 3 is 2.11 bits per heavy atom. The van der Waals surface area contributed by atoms with E-state index in [1.165, 1.54) is 23.1 Å². The van der Waals surface area contributed by atoms with E-state index in [-0.39, 0.29) is 29.1 Å². The summed E-state index contributed by atoms with van der Waals surface area (Å²) < 4.78 is 28.7. The van der Waals surface area contributed by atoms with Gasteiger partial charge in [0, 0.05) is 17.6 Å². The Bertz CT molecular complexity index is 1350. The van der Waals surface area contributed by atoms with Crippen molar-refractivity contribution in [2.24, 2.45) is 0 Å². The summed E-state index contributed by atoms with van der Waals surface area (Å²) in [6.45, 7) is 6.99. The van der Waals surface area contributed by atoms with Crippen molar-refractivity contribution < 1.29 is 18.0 Å². The van der Waals surface area contributed by atoms with Crippen LogP contribution in [0.5, 0.6) is 0 Å². The molecule has 0 aromatic heterocycles. The number of aryl methyl sites for hydroxylation is 1. The number of rotatable bonds is 11. The summed E-state index contributed by atoms with van der Waals surface area (Å²) in [4.78, 5) is 28.6. The van der Waals surface area contributed by atoms with E-state index in [1.54, 1.807) is 30.3 Å². The molecule has 1 N–H and O–H groups in total. The number of carbonyl (C=O) groups is 2. The van der Waals surface area contributed by atoms with Crippen LogP contribution in [0, 0.1) is 6.92 Å². The van der Waals surface area contributed by atoms with Crippen molar-refractivity contribution in [3.63, 3.8) is 0 Å². The van der Waals surface area contributed by atoms with Crippen LogP contribution in [0.1, 0.15) is 38.3 Å². The molecule has 7 nitrogen and oxygen atoms in total. The summed E-state index contributed by atoms with van der Waals surface area (Å²) in [6, 6.07) is 21.2. The standard InChI is InChI=1S/C29H34ClN3O4S/c1-5-27(29(35)31-21(2)3)32(19-23-12-8-6-9-13-23)28(34)20-33(24-17-16-22(4)26(30)18-24)38(36,37)25-14-10-7-11-15-25/h6-18,21,27H,5,19-20H2,1-4H3,(H,31,35). The molecule has 0 heterocycles. The summed E-state index contributed by atoms with van der Waals surface area (Å²) in [6.07, 6.45) is 0.360. The average Bonchev–Trinajstić information content (AvgIpc) is 2.89. The van der Waals surface area contributed by atoms with E-state index in [1.807, 2.05) is 58.0 Å². The first-order chi connectivity index (χ1) is 18.0. The molecule has 202 valence electrons. The lowest BCUT2D eigenvalue weighted by molar-refractivity contribution is -0.140. The molecule has 0 saturated heterocycles.